The maximum absolute atomic E-state index is 12.4. The monoisotopic (exact) mass is 270 g/mol. The Labute approximate surface area is 111 Å². The maximum atomic E-state index is 12.4. The van der Waals surface area contributed by atoms with Crippen LogP contribution in [0.4, 0.5) is 0 Å². The molecule has 1 aromatic heterocycles. The number of aromatic nitrogens is 2. The Bertz CT molecular complexity index is 527. The van der Waals surface area contributed by atoms with Crippen LogP contribution in [0.2, 0.25) is 5.15 Å². The molecule has 0 atom stereocenters. The van der Waals surface area contributed by atoms with Gasteiger partial charge in [-0.1, -0.05) is 44.2 Å². The van der Waals surface area contributed by atoms with Gasteiger partial charge in [0.15, 0.2) is 0 Å². The van der Waals surface area contributed by atoms with Gasteiger partial charge in [0.2, 0.25) is 0 Å². The number of halogens is 1. The molecule has 100 valence electrons. The first kappa shape index (κ1) is 13.4. The lowest BCUT2D eigenvalue weighted by Gasteiger charge is -2.23. The molecule has 1 saturated carbocycles. The molecular weight excluding hydrogens is 252 g/mol. The second kappa shape index (κ2) is 5.74. The fraction of sp³-hybridized carbons (Fsp3) is 0.692. The lowest BCUT2D eigenvalue weighted by atomic mass is 9.95. The van der Waals surface area contributed by atoms with Crippen LogP contribution in [0.3, 0.4) is 0 Å². The van der Waals surface area contributed by atoms with Crippen molar-refractivity contribution >= 4 is 11.6 Å². The number of H-pyrrole nitrogens is 1. The van der Waals surface area contributed by atoms with E-state index >= 15 is 0 Å². The number of rotatable bonds is 3. The van der Waals surface area contributed by atoms with Gasteiger partial charge in [0.05, 0.1) is 5.56 Å². The van der Waals surface area contributed by atoms with Gasteiger partial charge in [0.1, 0.15) is 5.15 Å². The third kappa shape index (κ3) is 2.53. The van der Waals surface area contributed by atoms with Crippen LogP contribution in [-0.4, -0.2) is 9.55 Å². The molecule has 5 heteroatoms. The van der Waals surface area contributed by atoms with Gasteiger partial charge in [0.25, 0.3) is 5.56 Å². The molecule has 0 saturated heterocycles. The van der Waals surface area contributed by atoms with Crippen molar-refractivity contribution in [3.63, 3.8) is 0 Å². The SMILES string of the molecule is CCCc1c(Cl)[nH]c(=O)n(C2CCCCC2)c1=O. The highest BCUT2D eigenvalue weighted by molar-refractivity contribution is 6.30. The van der Waals surface area contributed by atoms with Crippen LogP contribution >= 0.6 is 11.6 Å². The van der Waals surface area contributed by atoms with Crippen molar-refractivity contribution < 1.29 is 0 Å². The first-order valence-electron chi connectivity index (χ1n) is 6.68. The van der Waals surface area contributed by atoms with Crippen molar-refractivity contribution in [3.8, 4) is 0 Å². The highest BCUT2D eigenvalue weighted by atomic mass is 35.5. The minimum Gasteiger partial charge on any atom is -0.297 e. The lowest BCUT2D eigenvalue weighted by molar-refractivity contribution is 0.335. The van der Waals surface area contributed by atoms with Crippen molar-refractivity contribution in [2.75, 3.05) is 0 Å². The minimum absolute atomic E-state index is 0.0443. The minimum atomic E-state index is -0.364. The molecule has 0 unspecified atom stereocenters. The Kier molecular flexibility index (Phi) is 4.27. The van der Waals surface area contributed by atoms with Crippen molar-refractivity contribution in [1.29, 1.82) is 0 Å². The zero-order valence-corrected chi connectivity index (χ0v) is 11.4. The summed E-state index contributed by atoms with van der Waals surface area (Å²) in [6.07, 6.45) is 6.64. The molecule has 1 aromatic rings. The third-order valence-corrected chi connectivity index (χ3v) is 3.94. The quantitative estimate of drug-likeness (QED) is 0.859. The van der Waals surface area contributed by atoms with Crippen molar-refractivity contribution in [2.45, 2.75) is 57.9 Å². The van der Waals surface area contributed by atoms with Gasteiger partial charge in [-0.2, -0.15) is 0 Å². The average Bonchev–Trinajstić information content (AvgIpc) is 2.35. The molecule has 2 rings (SSSR count). The highest BCUT2D eigenvalue weighted by Crippen LogP contribution is 2.26. The molecule has 1 aliphatic carbocycles. The average molecular weight is 271 g/mol. The summed E-state index contributed by atoms with van der Waals surface area (Å²) in [5.74, 6) is 0. The van der Waals surface area contributed by atoms with E-state index in [4.69, 9.17) is 11.6 Å². The van der Waals surface area contributed by atoms with Gasteiger partial charge in [-0.05, 0) is 19.3 Å². The molecule has 0 amide bonds. The maximum Gasteiger partial charge on any atom is 0.329 e. The molecule has 18 heavy (non-hydrogen) atoms. The number of nitrogens with zero attached hydrogens (tertiary/aromatic N) is 1. The van der Waals surface area contributed by atoms with E-state index in [9.17, 15) is 9.59 Å². The van der Waals surface area contributed by atoms with Gasteiger partial charge in [0, 0.05) is 6.04 Å². The second-order valence-corrected chi connectivity index (χ2v) is 5.32. The van der Waals surface area contributed by atoms with Crippen LogP contribution in [0.25, 0.3) is 0 Å². The standard InChI is InChI=1S/C13H19ClN2O2/c1-2-6-10-11(14)15-13(18)16(12(10)17)9-7-4-3-5-8-9/h9H,2-8H2,1H3,(H,15,18). The molecular formula is C13H19ClN2O2. The topological polar surface area (TPSA) is 54.9 Å². The van der Waals surface area contributed by atoms with E-state index in [1.165, 1.54) is 11.0 Å². The molecule has 1 fully saturated rings. The van der Waals surface area contributed by atoms with E-state index in [1.54, 1.807) is 0 Å². The van der Waals surface area contributed by atoms with Crippen LogP contribution in [0, 0.1) is 0 Å². The Balaban J connectivity index is 2.49. The lowest BCUT2D eigenvalue weighted by Crippen LogP contribution is -2.40. The van der Waals surface area contributed by atoms with E-state index in [0.29, 0.717) is 12.0 Å². The fourth-order valence-corrected chi connectivity index (χ4v) is 2.95. The summed E-state index contributed by atoms with van der Waals surface area (Å²) in [5.41, 5.74) is -0.0152. The summed E-state index contributed by atoms with van der Waals surface area (Å²) in [6.45, 7) is 1.99. The van der Waals surface area contributed by atoms with E-state index < -0.39 is 0 Å². The van der Waals surface area contributed by atoms with Crippen LogP contribution in [-0.2, 0) is 6.42 Å². The van der Waals surface area contributed by atoms with Crippen LogP contribution in [0.1, 0.15) is 57.1 Å². The molecule has 0 bridgehead atoms. The third-order valence-electron chi connectivity index (χ3n) is 3.62. The predicted molar refractivity (Wildman–Crippen MR) is 72.4 cm³/mol. The smallest absolute Gasteiger partial charge is 0.297 e. The molecule has 0 radical (unpaired) electrons. The molecule has 4 nitrogen and oxygen atoms in total. The van der Waals surface area contributed by atoms with Crippen molar-refractivity contribution in [3.05, 3.63) is 31.6 Å². The fourth-order valence-electron chi connectivity index (χ4n) is 2.70. The first-order chi connectivity index (χ1) is 8.65. The number of hydrogen-bond acceptors (Lipinski definition) is 2. The summed E-state index contributed by atoms with van der Waals surface area (Å²) in [6, 6.07) is 0.0443. The van der Waals surface area contributed by atoms with E-state index in [-0.39, 0.29) is 22.4 Å². The summed E-state index contributed by atoms with van der Waals surface area (Å²) in [7, 11) is 0. The number of aromatic amines is 1. The van der Waals surface area contributed by atoms with Crippen LogP contribution in [0.15, 0.2) is 9.59 Å². The summed E-state index contributed by atoms with van der Waals surface area (Å²) in [5, 5.41) is 0.207. The van der Waals surface area contributed by atoms with Crippen LogP contribution < -0.4 is 11.2 Å². The normalized spacial score (nSPS) is 17.0. The van der Waals surface area contributed by atoms with Gasteiger partial charge >= 0.3 is 5.69 Å². The summed E-state index contributed by atoms with van der Waals surface area (Å²) >= 11 is 5.96. The zero-order chi connectivity index (χ0) is 13.1. The Morgan fingerprint density at radius 2 is 1.94 bits per heavy atom. The second-order valence-electron chi connectivity index (χ2n) is 4.94. The molecule has 0 aromatic carbocycles. The Morgan fingerprint density at radius 3 is 2.56 bits per heavy atom. The summed E-state index contributed by atoms with van der Waals surface area (Å²) < 4.78 is 1.38. The zero-order valence-electron chi connectivity index (χ0n) is 10.7. The summed E-state index contributed by atoms with van der Waals surface area (Å²) in [4.78, 5) is 26.9. The van der Waals surface area contributed by atoms with Gasteiger partial charge < -0.3 is 0 Å². The molecule has 0 aliphatic heterocycles. The first-order valence-corrected chi connectivity index (χ1v) is 7.06. The Hall–Kier alpha value is -1.03. The van der Waals surface area contributed by atoms with Crippen LogP contribution in [0.5, 0.6) is 0 Å². The predicted octanol–water partition coefficient (Wildman–Crippen LogP) is 2.65. The largest absolute Gasteiger partial charge is 0.329 e. The van der Waals surface area contributed by atoms with E-state index in [0.717, 1.165) is 32.1 Å². The van der Waals surface area contributed by atoms with Crippen molar-refractivity contribution in [2.24, 2.45) is 0 Å². The highest BCUT2D eigenvalue weighted by Gasteiger charge is 2.21. The van der Waals surface area contributed by atoms with Crippen molar-refractivity contribution in [1.82, 2.24) is 9.55 Å². The van der Waals surface area contributed by atoms with Gasteiger partial charge in [-0.3, -0.25) is 14.3 Å². The van der Waals surface area contributed by atoms with Gasteiger partial charge in [-0.15, -0.1) is 0 Å². The molecule has 1 heterocycles. The molecule has 0 spiro atoms. The van der Waals surface area contributed by atoms with Gasteiger partial charge in [-0.25, -0.2) is 4.79 Å². The van der Waals surface area contributed by atoms with E-state index in [2.05, 4.69) is 4.98 Å². The number of nitrogens with one attached hydrogen (secondary N) is 1. The molecule has 1 N–H and O–H groups in total. The number of hydrogen-bond donors (Lipinski definition) is 1. The Morgan fingerprint density at radius 1 is 1.28 bits per heavy atom. The molecule has 1 aliphatic rings. The van der Waals surface area contributed by atoms with E-state index in [1.807, 2.05) is 6.92 Å².